The van der Waals surface area contributed by atoms with Crippen molar-refractivity contribution in [2.75, 3.05) is 7.05 Å². The number of aromatic nitrogens is 4. The molecule has 0 saturated carbocycles. The van der Waals surface area contributed by atoms with Gasteiger partial charge in [-0.15, -0.1) is 0 Å². The zero-order valence-electron chi connectivity index (χ0n) is 10.7. The molecule has 19 heavy (non-hydrogen) atoms. The number of imidazole rings is 1. The van der Waals surface area contributed by atoms with Crippen LogP contribution in [0.25, 0.3) is 22.3 Å². The molecule has 0 fully saturated rings. The van der Waals surface area contributed by atoms with Crippen LogP contribution in [-0.4, -0.2) is 26.8 Å². The van der Waals surface area contributed by atoms with Crippen molar-refractivity contribution in [2.45, 2.75) is 6.54 Å². The number of aromatic amines is 1. The summed E-state index contributed by atoms with van der Waals surface area (Å²) in [7, 11) is 3.88. The Morgan fingerprint density at radius 1 is 1.42 bits per heavy atom. The molecule has 2 N–H and O–H groups in total. The molecule has 0 atom stereocenters. The first-order chi connectivity index (χ1) is 9.20. The van der Waals surface area contributed by atoms with Crippen molar-refractivity contribution in [3.8, 4) is 11.3 Å². The van der Waals surface area contributed by atoms with Gasteiger partial charge in [0.2, 0.25) is 0 Å². The molecule has 0 radical (unpaired) electrons. The van der Waals surface area contributed by atoms with Crippen LogP contribution in [-0.2, 0) is 13.6 Å². The molecular formula is C13H14BrN5. The van der Waals surface area contributed by atoms with E-state index >= 15 is 0 Å². The van der Waals surface area contributed by atoms with Crippen LogP contribution in [0.1, 0.15) is 5.69 Å². The lowest BCUT2D eigenvalue weighted by atomic mass is 10.1. The Bertz CT molecular complexity index is 728. The third-order valence-corrected chi connectivity index (χ3v) is 3.97. The number of fused-ring (bicyclic) bond motifs is 1. The SMILES string of the molecule is CNCc1c(Br)c(-c2ccc3nc[nH]c3c2)nn1C. The molecule has 0 saturated heterocycles. The molecule has 98 valence electrons. The van der Waals surface area contributed by atoms with E-state index in [0.29, 0.717) is 0 Å². The third kappa shape index (κ3) is 2.06. The Hall–Kier alpha value is -1.66. The van der Waals surface area contributed by atoms with E-state index in [1.165, 1.54) is 0 Å². The van der Waals surface area contributed by atoms with Crippen LogP contribution in [0, 0.1) is 0 Å². The molecule has 5 nitrogen and oxygen atoms in total. The quantitative estimate of drug-likeness (QED) is 0.779. The molecule has 2 aromatic heterocycles. The molecule has 3 rings (SSSR count). The lowest BCUT2D eigenvalue weighted by Crippen LogP contribution is -2.10. The number of halogens is 1. The summed E-state index contributed by atoms with van der Waals surface area (Å²) in [4.78, 5) is 7.35. The van der Waals surface area contributed by atoms with Crippen molar-refractivity contribution >= 4 is 27.0 Å². The molecule has 3 aromatic rings. The number of rotatable bonds is 3. The number of hydrogen-bond donors (Lipinski definition) is 2. The molecule has 0 aliphatic rings. The van der Waals surface area contributed by atoms with Crippen molar-refractivity contribution in [3.63, 3.8) is 0 Å². The van der Waals surface area contributed by atoms with E-state index in [-0.39, 0.29) is 0 Å². The summed E-state index contributed by atoms with van der Waals surface area (Å²) in [6.07, 6.45) is 1.70. The molecule has 0 amide bonds. The minimum atomic E-state index is 0.774. The maximum absolute atomic E-state index is 4.59. The standard InChI is InChI=1S/C13H14BrN5/c1-15-6-11-12(14)13(18-19(11)2)8-3-4-9-10(5-8)17-7-16-9/h3-5,7,15H,6H2,1-2H3,(H,16,17). The summed E-state index contributed by atoms with van der Waals surface area (Å²) >= 11 is 3.65. The molecule has 0 unspecified atom stereocenters. The van der Waals surface area contributed by atoms with Crippen molar-refractivity contribution in [1.82, 2.24) is 25.1 Å². The Balaban J connectivity index is 2.12. The van der Waals surface area contributed by atoms with Crippen LogP contribution in [0.5, 0.6) is 0 Å². The number of nitrogens with zero attached hydrogens (tertiary/aromatic N) is 3. The van der Waals surface area contributed by atoms with Crippen molar-refractivity contribution in [3.05, 3.63) is 34.7 Å². The third-order valence-electron chi connectivity index (χ3n) is 3.14. The van der Waals surface area contributed by atoms with Gasteiger partial charge in [0, 0.05) is 19.2 Å². The van der Waals surface area contributed by atoms with Gasteiger partial charge in [-0.3, -0.25) is 4.68 Å². The predicted octanol–water partition coefficient (Wildman–Crippen LogP) is 2.45. The molecule has 0 aliphatic carbocycles. The van der Waals surface area contributed by atoms with E-state index in [4.69, 9.17) is 0 Å². The largest absolute Gasteiger partial charge is 0.345 e. The normalized spacial score (nSPS) is 11.3. The first-order valence-corrected chi connectivity index (χ1v) is 6.79. The van der Waals surface area contributed by atoms with Crippen molar-refractivity contribution in [1.29, 1.82) is 0 Å². The highest BCUT2D eigenvalue weighted by molar-refractivity contribution is 9.10. The highest BCUT2D eigenvalue weighted by Gasteiger charge is 2.15. The zero-order valence-corrected chi connectivity index (χ0v) is 12.3. The number of H-pyrrole nitrogens is 1. The van der Waals surface area contributed by atoms with Gasteiger partial charge in [-0.05, 0) is 35.1 Å². The summed E-state index contributed by atoms with van der Waals surface area (Å²) in [6.45, 7) is 0.774. The summed E-state index contributed by atoms with van der Waals surface area (Å²) in [5, 5.41) is 7.73. The second-order valence-electron chi connectivity index (χ2n) is 4.40. The minimum Gasteiger partial charge on any atom is -0.345 e. The molecule has 1 aromatic carbocycles. The molecule has 0 aliphatic heterocycles. The van der Waals surface area contributed by atoms with Gasteiger partial charge in [-0.25, -0.2) is 4.98 Å². The van der Waals surface area contributed by atoms with Crippen LogP contribution >= 0.6 is 15.9 Å². The van der Waals surface area contributed by atoms with Crippen LogP contribution in [0.3, 0.4) is 0 Å². The number of nitrogens with one attached hydrogen (secondary N) is 2. The highest BCUT2D eigenvalue weighted by atomic mass is 79.9. The Labute approximate surface area is 119 Å². The first kappa shape index (κ1) is 12.4. The Morgan fingerprint density at radius 3 is 3.05 bits per heavy atom. The summed E-state index contributed by atoms with van der Waals surface area (Å²) in [5.74, 6) is 0. The van der Waals surface area contributed by atoms with E-state index in [1.807, 2.05) is 30.9 Å². The average molecular weight is 320 g/mol. The molecular weight excluding hydrogens is 306 g/mol. The maximum atomic E-state index is 4.59. The van der Waals surface area contributed by atoms with E-state index < -0.39 is 0 Å². The van der Waals surface area contributed by atoms with E-state index in [1.54, 1.807) is 6.33 Å². The van der Waals surface area contributed by atoms with E-state index in [2.05, 4.69) is 42.4 Å². The molecule has 0 spiro atoms. The highest BCUT2D eigenvalue weighted by Crippen LogP contribution is 2.31. The molecule has 0 bridgehead atoms. The predicted molar refractivity (Wildman–Crippen MR) is 78.8 cm³/mol. The number of benzene rings is 1. The summed E-state index contributed by atoms with van der Waals surface area (Å²) in [6, 6.07) is 6.11. The van der Waals surface area contributed by atoms with Gasteiger partial charge in [0.1, 0.15) is 5.69 Å². The maximum Gasteiger partial charge on any atom is 0.107 e. The second-order valence-corrected chi connectivity index (χ2v) is 5.19. The topological polar surface area (TPSA) is 58.5 Å². The zero-order chi connectivity index (χ0) is 13.4. The molecule has 2 heterocycles. The van der Waals surface area contributed by atoms with Gasteiger partial charge in [0.25, 0.3) is 0 Å². The lowest BCUT2D eigenvalue weighted by Gasteiger charge is -2.00. The van der Waals surface area contributed by atoms with Gasteiger partial charge in [-0.1, -0.05) is 6.07 Å². The van der Waals surface area contributed by atoms with Crippen LogP contribution in [0.4, 0.5) is 0 Å². The van der Waals surface area contributed by atoms with E-state index in [0.717, 1.165) is 39.0 Å². The van der Waals surface area contributed by atoms with Gasteiger partial charge in [0.05, 0.1) is 27.5 Å². The van der Waals surface area contributed by atoms with Gasteiger partial charge >= 0.3 is 0 Å². The van der Waals surface area contributed by atoms with Gasteiger partial charge in [0.15, 0.2) is 0 Å². The van der Waals surface area contributed by atoms with Crippen molar-refractivity contribution < 1.29 is 0 Å². The Morgan fingerprint density at radius 2 is 2.26 bits per heavy atom. The second kappa shape index (κ2) is 4.79. The van der Waals surface area contributed by atoms with Crippen LogP contribution < -0.4 is 5.32 Å². The monoisotopic (exact) mass is 319 g/mol. The van der Waals surface area contributed by atoms with Crippen LogP contribution in [0.15, 0.2) is 29.0 Å². The number of hydrogen-bond acceptors (Lipinski definition) is 3. The fourth-order valence-electron chi connectivity index (χ4n) is 2.16. The fourth-order valence-corrected chi connectivity index (χ4v) is 2.86. The van der Waals surface area contributed by atoms with Crippen molar-refractivity contribution in [2.24, 2.45) is 7.05 Å². The smallest absolute Gasteiger partial charge is 0.107 e. The molecule has 6 heteroatoms. The summed E-state index contributed by atoms with van der Waals surface area (Å²) in [5.41, 5.74) is 5.13. The first-order valence-electron chi connectivity index (χ1n) is 6.00. The minimum absolute atomic E-state index is 0.774. The number of aryl methyl sites for hydroxylation is 1. The Kier molecular flexibility index (Phi) is 3.12. The van der Waals surface area contributed by atoms with Crippen LogP contribution in [0.2, 0.25) is 0 Å². The summed E-state index contributed by atoms with van der Waals surface area (Å²) < 4.78 is 2.93. The van der Waals surface area contributed by atoms with E-state index in [9.17, 15) is 0 Å². The fraction of sp³-hybridized carbons (Fsp3) is 0.231. The van der Waals surface area contributed by atoms with Gasteiger partial charge in [-0.2, -0.15) is 5.10 Å². The lowest BCUT2D eigenvalue weighted by molar-refractivity contribution is 0.671. The van der Waals surface area contributed by atoms with Gasteiger partial charge < -0.3 is 10.3 Å². The average Bonchev–Trinajstić information content (AvgIpc) is 2.97.